The highest BCUT2D eigenvalue weighted by Crippen LogP contribution is 2.38. The van der Waals surface area contributed by atoms with E-state index in [0.29, 0.717) is 11.8 Å². The predicted octanol–water partition coefficient (Wildman–Crippen LogP) is 8.29. The highest BCUT2D eigenvalue weighted by atomic mass is 35.5. The van der Waals surface area contributed by atoms with Crippen molar-refractivity contribution in [3.05, 3.63) is 99.3 Å². The normalized spacial score (nSPS) is 13.7. The first-order valence-electron chi connectivity index (χ1n) is 9.74. The summed E-state index contributed by atoms with van der Waals surface area (Å²) in [4.78, 5) is 4.89. The Bertz CT molecular complexity index is 1270. The van der Waals surface area contributed by atoms with Crippen molar-refractivity contribution in [3.8, 4) is 0 Å². The number of halogens is 1. The molecule has 0 fully saturated rings. The third-order valence-corrected chi connectivity index (χ3v) is 7.81. The summed E-state index contributed by atoms with van der Waals surface area (Å²) < 4.78 is 2.55. The van der Waals surface area contributed by atoms with Crippen LogP contribution < -0.4 is 0 Å². The van der Waals surface area contributed by atoms with Crippen molar-refractivity contribution in [1.82, 2.24) is 4.98 Å². The fourth-order valence-corrected chi connectivity index (χ4v) is 5.95. The predicted molar refractivity (Wildman–Crippen MR) is 128 cm³/mol. The van der Waals surface area contributed by atoms with Gasteiger partial charge in [0.15, 0.2) is 0 Å². The van der Waals surface area contributed by atoms with E-state index in [2.05, 4.69) is 73.0 Å². The number of hydrogen-bond acceptors (Lipinski definition) is 3. The average molecular weight is 434 g/mol. The first-order valence-corrected chi connectivity index (χ1v) is 11.8. The van der Waals surface area contributed by atoms with E-state index in [1.807, 2.05) is 12.1 Å². The summed E-state index contributed by atoms with van der Waals surface area (Å²) in [6.07, 6.45) is 0.920. The van der Waals surface area contributed by atoms with E-state index in [1.165, 1.54) is 30.9 Å². The van der Waals surface area contributed by atoms with Crippen molar-refractivity contribution >= 4 is 54.6 Å². The molecule has 0 radical (unpaired) electrons. The maximum Gasteiger partial charge on any atom is 0.0944 e. The lowest BCUT2D eigenvalue weighted by Gasteiger charge is -2.24. The molecule has 0 aliphatic rings. The number of thiophene rings is 1. The second-order valence-corrected chi connectivity index (χ2v) is 9.95. The molecule has 5 rings (SSSR count). The van der Waals surface area contributed by atoms with Gasteiger partial charge in [-0.2, -0.15) is 0 Å². The molecule has 144 valence electrons. The van der Waals surface area contributed by atoms with Crippen LogP contribution in [0, 0.1) is 0 Å². The lowest BCUT2D eigenvalue weighted by atomic mass is 9.80. The van der Waals surface area contributed by atoms with Crippen LogP contribution in [0.4, 0.5) is 0 Å². The van der Waals surface area contributed by atoms with Crippen LogP contribution in [0.5, 0.6) is 0 Å². The molecular formula is C25H20ClNS2. The Kier molecular flexibility index (Phi) is 5.13. The summed E-state index contributed by atoms with van der Waals surface area (Å²) in [7, 11) is 0. The van der Waals surface area contributed by atoms with Gasteiger partial charge in [0.05, 0.1) is 15.2 Å². The maximum absolute atomic E-state index is 6.16. The quantitative estimate of drug-likeness (QED) is 0.271. The van der Waals surface area contributed by atoms with Crippen LogP contribution in [0.3, 0.4) is 0 Å². The molecule has 0 saturated heterocycles. The standard InChI is InChI=1S/C25H20ClNS2/c1-16(18-7-9-23-19(13-18)11-12-28-23)21(17-5-3-2-4-6-17)15-25-27-22-14-20(26)8-10-24(22)29-25/h2-14,16,21H,15H2,1H3/t16-,21-/m1/s1. The number of aromatic nitrogens is 1. The summed E-state index contributed by atoms with van der Waals surface area (Å²) in [5.41, 5.74) is 3.74. The number of fused-ring (bicyclic) bond motifs is 2. The molecular weight excluding hydrogens is 414 g/mol. The molecule has 2 aromatic heterocycles. The summed E-state index contributed by atoms with van der Waals surface area (Å²) in [5.74, 6) is 0.751. The van der Waals surface area contributed by atoms with Crippen molar-refractivity contribution in [2.75, 3.05) is 0 Å². The van der Waals surface area contributed by atoms with E-state index in [9.17, 15) is 0 Å². The zero-order valence-corrected chi connectivity index (χ0v) is 18.4. The molecule has 2 heterocycles. The lowest BCUT2D eigenvalue weighted by molar-refractivity contribution is 0.572. The zero-order chi connectivity index (χ0) is 19.8. The number of hydrogen-bond donors (Lipinski definition) is 0. The van der Waals surface area contributed by atoms with Crippen molar-refractivity contribution < 1.29 is 0 Å². The molecule has 0 unspecified atom stereocenters. The van der Waals surface area contributed by atoms with E-state index in [4.69, 9.17) is 16.6 Å². The Morgan fingerprint density at radius 3 is 2.59 bits per heavy atom. The van der Waals surface area contributed by atoms with Gasteiger partial charge in [-0.15, -0.1) is 22.7 Å². The minimum atomic E-state index is 0.364. The van der Waals surface area contributed by atoms with E-state index in [-0.39, 0.29) is 0 Å². The molecule has 2 atom stereocenters. The summed E-state index contributed by atoms with van der Waals surface area (Å²) in [6, 6.07) is 25.9. The van der Waals surface area contributed by atoms with Crippen LogP contribution in [0.25, 0.3) is 20.3 Å². The molecule has 0 bridgehead atoms. The van der Waals surface area contributed by atoms with Crippen molar-refractivity contribution in [3.63, 3.8) is 0 Å². The minimum absolute atomic E-state index is 0.364. The highest BCUT2D eigenvalue weighted by Gasteiger charge is 2.23. The van der Waals surface area contributed by atoms with Gasteiger partial charge in [-0.3, -0.25) is 0 Å². The second-order valence-electron chi connectivity index (χ2n) is 7.45. The van der Waals surface area contributed by atoms with Gasteiger partial charge in [0, 0.05) is 16.1 Å². The molecule has 1 nitrogen and oxygen atoms in total. The maximum atomic E-state index is 6.16. The van der Waals surface area contributed by atoms with Gasteiger partial charge in [0.2, 0.25) is 0 Å². The molecule has 4 heteroatoms. The number of thiazole rings is 1. The largest absolute Gasteiger partial charge is 0.241 e. The van der Waals surface area contributed by atoms with E-state index in [1.54, 1.807) is 22.7 Å². The Hall–Kier alpha value is -2.20. The summed E-state index contributed by atoms with van der Waals surface area (Å²) >= 11 is 9.74. The zero-order valence-electron chi connectivity index (χ0n) is 16.0. The molecule has 5 aromatic rings. The van der Waals surface area contributed by atoms with Gasteiger partial charge in [-0.1, -0.05) is 61.0 Å². The number of benzene rings is 3. The molecule has 29 heavy (non-hydrogen) atoms. The smallest absolute Gasteiger partial charge is 0.0944 e. The summed E-state index contributed by atoms with van der Waals surface area (Å²) in [6.45, 7) is 2.34. The average Bonchev–Trinajstić information content (AvgIpc) is 3.37. The fraction of sp³-hybridized carbons (Fsp3) is 0.160. The van der Waals surface area contributed by atoms with Crippen molar-refractivity contribution in [2.45, 2.75) is 25.2 Å². The molecule has 0 aliphatic heterocycles. The molecule has 3 aromatic carbocycles. The third kappa shape index (κ3) is 3.83. The SMILES string of the molecule is C[C@H](c1ccc2sccc2c1)[C@@H](Cc1nc2cc(Cl)ccc2s1)c1ccccc1. The highest BCUT2D eigenvalue weighted by molar-refractivity contribution is 7.18. The van der Waals surface area contributed by atoms with Gasteiger partial charge in [-0.25, -0.2) is 4.98 Å². The molecule has 0 aliphatic carbocycles. The topological polar surface area (TPSA) is 12.9 Å². The van der Waals surface area contributed by atoms with E-state index < -0.39 is 0 Å². The minimum Gasteiger partial charge on any atom is -0.241 e. The van der Waals surface area contributed by atoms with Crippen molar-refractivity contribution in [1.29, 1.82) is 0 Å². The van der Waals surface area contributed by atoms with Crippen LogP contribution >= 0.6 is 34.3 Å². The lowest BCUT2D eigenvalue weighted by Crippen LogP contribution is -2.11. The van der Waals surface area contributed by atoms with Crippen LogP contribution in [0.1, 0.15) is 34.9 Å². The Morgan fingerprint density at radius 2 is 1.72 bits per heavy atom. The van der Waals surface area contributed by atoms with E-state index >= 15 is 0 Å². The van der Waals surface area contributed by atoms with Crippen molar-refractivity contribution in [2.24, 2.45) is 0 Å². The van der Waals surface area contributed by atoms with Crippen LogP contribution in [0.2, 0.25) is 5.02 Å². The van der Waals surface area contributed by atoms with Crippen LogP contribution in [-0.4, -0.2) is 4.98 Å². The first-order chi connectivity index (χ1) is 14.2. The van der Waals surface area contributed by atoms with Gasteiger partial charge in [-0.05, 0) is 64.1 Å². The Morgan fingerprint density at radius 1 is 0.897 bits per heavy atom. The third-order valence-electron chi connectivity index (χ3n) is 5.62. The van der Waals surface area contributed by atoms with Crippen LogP contribution in [0.15, 0.2) is 78.2 Å². The summed E-state index contributed by atoms with van der Waals surface area (Å²) in [5, 5.41) is 5.41. The van der Waals surface area contributed by atoms with Gasteiger partial charge in [0.25, 0.3) is 0 Å². The molecule has 0 amide bonds. The molecule has 0 saturated carbocycles. The Balaban J connectivity index is 1.53. The monoisotopic (exact) mass is 433 g/mol. The Labute approximate surface area is 183 Å². The van der Waals surface area contributed by atoms with E-state index in [0.717, 1.165) is 17.0 Å². The fourth-order valence-electron chi connectivity index (χ4n) is 4.01. The molecule has 0 spiro atoms. The number of nitrogens with zero attached hydrogens (tertiary/aromatic N) is 1. The number of rotatable bonds is 5. The molecule has 0 N–H and O–H groups in total. The van der Waals surface area contributed by atoms with Crippen LogP contribution in [-0.2, 0) is 6.42 Å². The first kappa shape index (κ1) is 18.8. The van der Waals surface area contributed by atoms with Gasteiger partial charge in [0.1, 0.15) is 0 Å². The second kappa shape index (κ2) is 7.91. The van der Waals surface area contributed by atoms with Gasteiger partial charge < -0.3 is 0 Å². The van der Waals surface area contributed by atoms with Gasteiger partial charge >= 0.3 is 0 Å².